The summed E-state index contributed by atoms with van der Waals surface area (Å²) in [6.45, 7) is 6.74. The zero-order valence-electron chi connectivity index (χ0n) is 11.7. The highest BCUT2D eigenvalue weighted by Gasteiger charge is 2.18. The van der Waals surface area contributed by atoms with Gasteiger partial charge in [-0.1, -0.05) is 57.2 Å². The lowest BCUT2D eigenvalue weighted by Crippen LogP contribution is -2.11. The Morgan fingerprint density at radius 1 is 1.00 bits per heavy atom. The van der Waals surface area contributed by atoms with Gasteiger partial charge in [-0.05, 0) is 22.6 Å². The lowest BCUT2D eigenvalue weighted by atomic mass is 9.86. The first-order valence-corrected chi connectivity index (χ1v) is 6.47. The monoisotopic (exact) mass is 256 g/mol. The summed E-state index contributed by atoms with van der Waals surface area (Å²) in [5.41, 5.74) is 1.98. The van der Waals surface area contributed by atoms with Crippen molar-refractivity contribution in [2.24, 2.45) is 0 Å². The van der Waals surface area contributed by atoms with Crippen molar-refractivity contribution in [1.29, 1.82) is 0 Å². The van der Waals surface area contributed by atoms with Gasteiger partial charge in [-0.2, -0.15) is 0 Å². The molecule has 0 spiro atoms. The molecular weight excluding hydrogens is 236 g/mol. The molecule has 0 amide bonds. The third kappa shape index (κ3) is 3.50. The van der Waals surface area contributed by atoms with Crippen LogP contribution in [0.1, 0.15) is 31.9 Å². The van der Waals surface area contributed by atoms with Crippen LogP contribution in [0.25, 0.3) is 0 Å². The fourth-order valence-electron chi connectivity index (χ4n) is 1.98. The summed E-state index contributed by atoms with van der Waals surface area (Å²) in [5, 5.41) is 10.0. The molecule has 1 N–H and O–H groups in total. The summed E-state index contributed by atoms with van der Waals surface area (Å²) in [7, 11) is 0. The Balaban J connectivity index is 2.09. The van der Waals surface area contributed by atoms with Gasteiger partial charge in [0, 0.05) is 6.07 Å². The van der Waals surface area contributed by atoms with Crippen molar-refractivity contribution in [3.05, 3.63) is 59.7 Å². The number of hydrogen-bond acceptors (Lipinski definition) is 2. The first-order valence-electron chi connectivity index (χ1n) is 6.47. The third-order valence-electron chi connectivity index (χ3n) is 3.03. The van der Waals surface area contributed by atoms with Crippen LogP contribution < -0.4 is 4.74 Å². The molecule has 0 unspecified atom stereocenters. The van der Waals surface area contributed by atoms with E-state index in [1.54, 1.807) is 6.07 Å². The second kappa shape index (κ2) is 5.35. The summed E-state index contributed by atoms with van der Waals surface area (Å²) in [6, 6.07) is 15.5. The van der Waals surface area contributed by atoms with Gasteiger partial charge in [-0.25, -0.2) is 0 Å². The van der Waals surface area contributed by atoms with Gasteiger partial charge in [-0.3, -0.25) is 0 Å². The lowest BCUT2D eigenvalue weighted by molar-refractivity contribution is 0.303. The molecule has 0 saturated carbocycles. The molecule has 0 fully saturated rings. The van der Waals surface area contributed by atoms with Crippen molar-refractivity contribution < 1.29 is 9.84 Å². The van der Waals surface area contributed by atoms with Gasteiger partial charge in [0.05, 0.1) is 0 Å². The fraction of sp³-hybridized carbons (Fsp3) is 0.294. The van der Waals surface area contributed by atoms with Gasteiger partial charge in [0.1, 0.15) is 18.1 Å². The SMILES string of the molecule is CC(C)(C)c1ccc(OCc2ccccc2)cc1O. The van der Waals surface area contributed by atoms with E-state index in [0.29, 0.717) is 12.4 Å². The van der Waals surface area contributed by atoms with Crippen molar-refractivity contribution >= 4 is 0 Å². The van der Waals surface area contributed by atoms with Gasteiger partial charge >= 0.3 is 0 Å². The third-order valence-corrected chi connectivity index (χ3v) is 3.03. The number of aromatic hydroxyl groups is 1. The summed E-state index contributed by atoms with van der Waals surface area (Å²) < 4.78 is 5.68. The van der Waals surface area contributed by atoms with Crippen LogP contribution in [0.5, 0.6) is 11.5 Å². The van der Waals surface area contributed by atoms with E-state index in [9.17, 15) is 5.11 Å². The first-order chi connectivity index (χ1) is 8.97. The molecule has 2 aromatic rings. The maximum absolute atomic E-state index is 10.0. The number of benzene rings is 2. The zero-order valence-corrected chi connectivity index (χ0v) is 11.7. The van der Waals surface area contributed by atoms with Gasteiger partial charge in [-0.15, -0.1) is 0 Å². The maximum atomic E-state index is 10.0. The van der Waals surface area contributed by atoms with E-state index in [4.69, 9.17) is 4.74 Å². The van der Waals surface area contributed by atoms with E-state index < -0.39 is 0 Å². The quantitative estimate of drug-likeness (QED) is 0.888. The molecule has 0 bridgehead atoms. The van der Waals surface area contributed by atoms with Crippen LogP contribution in [0.3, 0.4) is 0 Å². The molecule has 2 heteroatoms. The van der Waals surface area contributed by atoms with Crippen molar-refractivity contribution in [2.75, 3.05) is 0 Å². The highest BCUT2D eigenvalue weighted by atomic mass is 16.5. The summed E-state index contributed by atoms with van der Waals surface area (Å²) >= 11 is 0. The zero-order chi connectivity index (χ0) is 13.9. The summed E-state index contributed by atoms with van der Waals surface area (Å²) in [6.07, 6.45) is 0. The molecule has 0 heterocycles. The van der Waals surface area contributed by atoms with Crippen LogP contribution in [-0.4, -0.2) is 5.11 Å². The van der Waals surface area contributed by atoms with E-state index in [-0.39, 0.29) is 11.2 Å². The van der Waals surface area contributed by atoms with Gasteiger partial charge in [0.2, 0.25) is 0 Å². The molecule has 2 nitrogen and oxygen atoms in total. The molecule has 2 aromatic carbocycles. The number of phenolic OH excluding ortho intramolecular Hbond substituents is 1. The van der Waals surface area contributed by atoms with E-state index in [1.807, 2.05) is 42.5 Å². The second-order valence-corrected chi connectivity index (χ2v) is 5.70. The molecule has 0 saturated heterocycles. The van der Waals surface area contributed by atoms with E-state index in [1.165, 1.54) is 0 Å². The molecule has 0 aliphatic rings. The largest absolute Gasteiger partial charge is 0.508 e. The van der Waals surface area contributed by atoms with Crippen molar-refractivity contribution in [3.63, 3.8) is 0 Å². The Morgan fingerprint density at radius 3 is 2.26 bits per heavy atom. The summed E-state index contributed by atoms with van der Waals surface area (Å²) in [4.78, 5) is 0. The molecule has 0 aliphatic carbocycles. The topological polar surface area (TPSA) is 29.5 Å². The number of hydrogen-bond donors (Lipinski definition) is 1. The molecule has 100 valence electrons. The highest BCUT2D eigenvalue weighted by Crippen LogP contribution is 2.33. The van der Waals surface area contributed by atoms with Gasteiger partial charge in [0.15, 0.2) is 0 Å². The van der Waals surface area contributed by atoms with Crippen LogP contribution in [-0.2, 0) is 12.0 Å². The number of rotatable bonds is 3. The minimum absolute atomic E-state index is 0.0674. The molecule has 0 aliphatic heterocycles. The Kier molecular flexibility index (Phi) is 3.79. The van der Waals surface area contributed by atoms with Crippen molar-refractivity contribution in [1.82, 2.24) is 0 Å². The molecule has 0 aromatic heterocycles. The number of phenols is 1. The Labute approximate surface area is 114 Å². The Bertz CT molecular complexity index is 539. The average Bonchev–Trinajstić information content (AvgIpc) is 2.36. The average molecular weight is 256 g/mol. The van der Waals surface area contributed by atoms with Crippen molar-refractivity contribution in [3.8, 4) is 11.5 Å². The summed E-state index contributed by atoms with van der Waals surface area (Å²) in [5.74, 6) is 0.979. The van der Waals surface area contributed by atoms with E-state index in [2.05, 4.69) is 20.8 Å². The van der Waals surface area contributed by atoms with Gasteiger partial charge in [0.25, 0.3) is 0 Å². The Morgan fingerprint density at radius 2 is 1.68 bits per heavy atom. The Hall–Kier alpha value is -1.96. The van der Waals surface area contributed by atoms with Gasteiger partial charge < -0.3 is 9.84 Å². The predicted molar refractivity (Wildman–Crippen MR) is 77.6 cm³/mol. The lowest BCUT2D eigenvalue weighted by Gasteiger charge is -2.20. The first kappa shape index (κ1) is 13.5. The molecule has 19 heavy (non-hydrogen) atoms. The molecule has 0 radical (unpaired) electrons. The van der Waals surface area contributed by atoms with E-state index in [0.717, 1.165) is 11.1 Å². The predicted octanol–water partition coefficient (Wildman–Crippen LogP) is 4.27. The van der Waals surface area contributed by atoms with Crippen LogP contribution in [0.2, 0.25) is 0 Å². The van der Waals surface area contributed by atoms with Crippen LogP contribution >= 0.6 is 0 Å². The minimum atomic E-state index is -0.0674. The molecular formula is C17H20O2. The maximum Gasteiger partial charge on any atom is 0.123 e. The number of ether oxygens (including phenoxy) is 1. The van der Waals surface area contributed by atoms with Crippen LogP contribution in [0.4, 0.5) is 0 Å². The van der Waals surface area contributed by atoms with Crippen molar-refractivity contribution in [2.45, 2.75) is 32.8 Å². The minimum Gasteiger partial charge on any atom is -0.508 e. The van der Waals surface area contributed by atoms with Crippen LogP contribution in [0, 0.1) is 0 Å². The second-order valence-electron chi connectivity index (χ2n) is 5.70. The highest BCUT2D eigenvalue weighted by molar-refractivity contribution is 5.43. The smallest absolute Gasteiger partial charge is 0.123 e. The normalized spacial score (nSPS) is 11.3. The molecule has 2 rings (SSSR count). The van der Waals surface area contributed by atoms with Crippen LogP contribution in [0.15, 0.2) is 48.5 Å². The molecule has 0 atom stereocenters. The fourth-order valence-corrected chi connectivity index (χ4v) is 1.98. The van der Waals surface area contributed by atoms with E-state index >= 15 is 0 Å². The standard InChI is InChI=1S/C17H20O2/c1-17(2,3)15-10-9-14(11-16(15)18)19-12-13-7-5-4-6-8-13/h4-11,18H,12H2,1-3H3.